The molecule has 1 rings (SSSR count). The second-order valence-corrected chi connectivity index (χ2v) is 8.30. The van der Waals surface area contributed by atoms with Crippen LogP contribution in [0.5, 0.6) is 0 Å². The maximum atomic E-state index is 12.4. The van der Waals surface area contributed by atoms with Crippen LogP contribution in [0.2, 0.25) is 0 Å². The van der Waals surface area contributed by atoms with Crippen LogP contribution in [0.1, 0.15) is 39.7 Å². The van der Waals surface area contributed by atoms with Gasteiger partial charge in [-0.1, -0.05) is 39.8 Å². The van der Waals surface area contributed by atoms with Crippen molar-refractivity contribution in [3.8, 4) is 0 Å². The molecule has 0 aliphatic carbocycles. The van der Waals surface area contributed by atoms with Crippen molar-refractivity contribution in [2.24, 2.45) is 5.92 Å². The van der Waals surface area contributed by atoms with E-state index in [0.29, 0.717) is 19.5 Å². The quantitative estimate of drug-likeness (QED) is 0.641. The van der Waals surface area contributed by atoms with Crippen LogP contribution in [0.25, 0.3) is 0 Å². The Hall–Kier alpha value is -1.93. The molecule has 1 atom stereocenters. The Bertz CT molecular complexity index is 710. The van der Waals surface area contributed by atoms with E-state index in [1.165, 1.54) is 16.4 Å². The minimum Gasteiger partial charge on any atom is -0.480 e. The lowest BCUT2D eigenvalue weighted by atomic mass is 10.0. The first-order valence-electron chi connectivity index (χ1n) is 8.74. The molecule has 0 saturated carbocycles. The minimum atomic E-state index is -3.50. The molecule has 146 valence electrons. The molecule has 1 aromatic rings. The molecule has 0 bridgehead atoms. The molecule has 1 aromatic carbocycles. The average Bonchev–Trinajstić information content (AvgIpc) is 2.58. The Labute approximate surface area is 155 Å². The molecular weight excluding hydrogens is 356 g/mol. The molecule has 0 fully saturated rings. The summed E-state index contributed by atoms with van der Waals surface area (Å²) in [5.74, 6) is -1.61. The Kier molecular flexibility index (Phi) is 8.23. The van der Waals surface area contributed by atoms with Crippen LogP contribution in [-0.2, 0) is 26.0 Å². The molecular formula is C18H28N2O5S. The lowest BCUT2D eigenvalue weighted by molar-refractivity contribution is -0.143. The summed E-state index contributed by atoms with van der Waals surface area (Å²) < 4.78 is 26.2. The van der Waals surface area contributed by atoms with Crippen LogP contribution in [-0.4, -0.2) is 48.8 Å². The van der Waals surface area contributed by atoms with E-state index in [1.807, 2.05) is 0 Å². The van der Waals surface area contributed by atoms with Gasteiger partial charge in [0.1, 0.15) is 6.04 Å². The third-order valence-electron chi connectivity index (χ3n) is 4.16. The summed E-state index contributed by atoms with van der Waals surface area (Å²) in [6, 6.07) is 5.52. The first-order chi connectivity index (χ1) is 12.1. The highest BCUT2D eigenvalue weighted by atomic mass is 32.2. The van der Waals surface area contributed by atoms with Gasteiger partial charge in [-0.15, -0.1) is 0 Å². The standard InChI is InChI=1S/C18H28N2O5S/c1-5-20(6-2)26(24,25)15-10-7-14(8-11-15)9-12-16(21)19-17(13(3)4)18(22)23/h7-8,10-11,13,17H,5-6,9,12H2,1-4H3,(H,19,21)(H,22,23)/t17-/m1/s1. The van der Waals surface area contributed by atoms with E-state index in [4.69, 9.17) is 5.11 Å². The van der Waals surface area contributed by atoms with Gasteiger partial charge in [0.25, 0.3) is 0 Å². The Morgan fingerprint density at radius 3 is 2.08 bits per heavy atom. The topological polar surface area (TPSA) is 104 Å². The van der Waals surface area contributed by atoms with E-state index >= 15 is 0 Å². The molecule has 0 aliphatic heterocycles. The van der Waals surface area contributed by atoms with Crippen molar-refractivity contribution in [3.63, 3.8) is 0 Å². The molecule has 0 aliphatic rings. The van der Waals surface area contributed by atoms with Gasteiger partial charge in [-0.2, -0.15) is 4.31 Å². The molecule has 8 heteroatoms. The van der Waals surface area contributed by atoms with E-state index in [1.54, 1.807) is 39.8 Å². The van der Waals surface area contributed by atoms with Gasteiger partial charge in [0.05, 0.1) is 4.90 Å². The predicted molar refractivity (Wildman–Crippen MR) is 99.3 cm³/mol. The molecule has 0 radical (unpaired) electrons. The number of aliphatic carboxylic acids is 1. The number of carbonyl (C=O) groups is 2. The molecule has 0 spiro atoms. The predicted octanol–water partition coefficient (Wildman–Crippen LogP) is 1.88. The van der Waals surface area contributed by atoms with Crippen LogP contribution in [0, 0.1) is 5.92 Å². The summed E-state index contributed by atoms with van der Waals surface area (Å²) in [5, 5.41) is 11.6. The number of hydrogen-bond acceptors (Lipinski definition) is 4. The van der Waals surface area contributed by atoms with Gasteiger partial charge in [-0.05, 0) is 30.0 Å². The number of benzene rings is 1. The maximum Gasteiger partial charge on any atom is 0.326 e. The number of nitrogens with one attached hydrogen (secondary N) is 1. The van der Waals surface area contributed by atoms with Crippen molar-refractivity contribution in [1.29, 1.82) is 0 Å². The van der Waals surface area contributed by atoms with Gasteiger partial charge in [-0.3, -0.25) is 4.79 Å². The van der Waals surface area contributed by atoms with Crippen molar-refractivity contribution in [3.05, 3.63) is 29.8 Å². The minimum absolute atomic E-state index is 0.138. The lowest BCUT2D eigenvalue weighted by Crippen LogP contribution is -2.44. The number of carboxylic acids is 1. The van der Waals surface area contributed by atoms with Gasteiger partial charge in [0.15, 0.2) is 0 Å². The van der Waals surface area contributed by atoms with Crippen molar-refractivity contribution in [2.45, 2.75) is 51.5 Å². The summed E-state index contributed by atoms with van der Waals surface area (Å²) in [6.07, 6.45) is 0.542. The number of amides is 1. The van der Waals surface area contributed by atoms with E-state index in [2.05, 4.69) is 5.32 Å². The van der Waals surface area contributed by atoms with Crippen molar-refractivity contribution in [1.82, 2.24) is 9.62 Å². The van der Waals surface area contributed by atoms with Crippen LogP contribution in [0.3, 0.4) is 0 Å². The lowest BCUT2D eigenvalue weighted by Gasteiger charge is -2.19. The highest BCUT2D eigenvalue weighted by Gasteiger charge is 2.23. The molecule has 2 N–H and O–H groups in total. The number of rotatable bonds is 10. The Morgan fingerprint density at radius 2 is 1.65 bits per heavy atom. The van der Waals surface area contributed by atoms with Gasteiger partial charge >= 0.3 is 5.97 Å². The van der Waals surface area contributed by atoms with Gasteiger partial charge in [0, 0.05) is 19.5 Å². The smallest absolute Gasteiger partial charge is 0.326 e. The number of nitrogens with zero attached hydrogens (tertiary/aromatic N) is 1. The summed E-state index contributed by atoms with van der Waals surface area (Å²) >= 11 is 0. The fourth-order valence-corrected chi connectivity index (χ4v) is 4.02. The zero-order valence-corrected chi connectivity index (χ0v) is 16.5. The van der Waals surface area contributed by atoms with Crippen LogP contribution < -0.4 is 5.32 Å². The third kappa shape index (κ3) is 5.81. The van der Waals surface area contributed by atoms with Crippen LogP contribution in [0.15, 0.2) is 29.2 Å². The Balaban J connectivity index is 2.71. The van der Waals surface area contributed by atoms with Crippen molar-refractivity contribution >= 4 is 21.9 Å². The van der Waals surface area contributed by atoms with Crippen LogP contribution in [0.4, 0.5) is 0 Å². The molecule has 0 aromatic heterocycles. The molecule has 7 nitrogen and oxygen atoms in total. The van der Waals surface area contributed by atoms with Gasteiger partial charge < -0.3 is 10.4 Å². The van der Waals surface area contributed by atoms with E-state index in [9.17, 15) is 18.0 Å². The highest BCUT2D eigenvalue weighted by molar-refractivity contribution is 7.89. The monoisotopic (exact) mass is 384 g/mol. The SMILES string of the molecule is CCN(CC)S(=O)(=O)c1ccc(CCC(=O)N[C@@H](C(=O)O)C(C)C)cc1. The normalized spacial score (nSPS) is 13.0. The molecule has 26 heavy (non-hydrogen) atoms. The average molecular weight is 384 g/mol. The fraction of sp³-hybridized carbons (Fsp3) is 0.556. The molecule has 1 amide bonds. The van der Waals surface area contributed by atoms with Crippen molar-refractivity contribution in [2.75, 3.05) is 13.1 Å². The number of aryl methyl sites for hydroxylation is 1. The maximum absolute atomic E-state index is 12.4. The largest absolute Gasteiger partial charge is 0.480 e. The summed E-state index contributed by atoms with van der Waals surface area (Å²) in [7, 11) is -3.50. The third-order valence-corrected chi connectivity index (χ3v) is 6.22. The number of carboxylic acid groups (broad SMARTS) is 1. The second kappa shape index (κ2) is 9.68. The van der Waals surface area contributed by atoms with Crippen LogP contribution >= 0.6 is 0 Å². The molecule has 0 unspecified atom stereocenters. The summed E-state index contributed by atoms with van der Waals surface area (Å²) in [4.78, 5) is 23.3. The first-order valence-corrected chi connectivity index (χ1v) is 10.2. The number of hydrogen-bond donors (Lipinski definition) is 2. The number of sulfonamides is 1. The molecule has 0 heterocycles. The van der Waals surface area contributed by atoms with E-state index in [0.717, 1.165) is 5.56 Å². The Morgan fingerprint density at radius 1 is 1.12 bits per heavy atom. The van der Waals surface area contributed by atoms with Crippen molar-refractivity contribution < 1.29 is 23.1 Å². The first kappa shape index (κ1) is 22.1. The summed E-state index contributed by atoms with van der Waals surface area (Å²) in [5.41, 5.74) is 0.815. The van der Waals surface area contributed by atoms with Gasteiger partial charge in [0.2, 0.25) is 15.9 Å². The number of carbonyl (C=O) groups excluding carboxylic acids is 1. The van der Waals surface area contributed by atoms with E-state index in [-0.39, 0.29) is 23.1 Å². The van der Waals surface area contributed by atoms with Gasteiger partial charge in [-0.25, -0.2) is 13.2 Å². The zero-order chi connectivity index (χ0) is 19.9. The fourth-order valence-electron chi connectivity index (χ4n) is 2.56. The summed E-state index contributed by atoms with van der Waals surface area (Å²) in [6.45, 7) is 7.84. The van der Waals surface area contributed by atoms with E-state index < -0.39 is 22.0 Å². The molecule has 0 saturated heterocycles. The highest BCUT2D eigenvalue weighted by Crippen LogP contribution is 2.17. The second-order valence-electron chi connectivity index (χ2n) is 6.36. The zero-order valence-electron chi connectivity index (χ0n) is 15.7.